The van der Waals surface area contributed by atoms with E-state index in [1.54, 1.807) is 0 Å². The van der Waals surface area contributed by atoms with Gasteiger partial charge in [-0.3, -0.25) is 9.69 Å². The number of ether oxygens (including phenoxy) is 1. The first-order valence-corrected chi connectivity index (χ1v) is 15.6. The zero-order valence-corrected chi connectivity index (χ0v) is 26.5. The number of piperazine rings is 1. The Morgan fingerprint density at radius 2 is 1.48 bits per heavy atom. The number of carboxylic acid groups (broad SMARTS) is 1. The lowest BCUT2D eigenvalue weighted by Crippen LogP contribution is -2.51. The molecule has 1 aliphatic heterocycles. The standard InChI is InChI=1S/C21H26N2O3.C18H15NO/c1-22-11-12-23(14-18-5-3-2-4-6-18)15-19(22)13-17-7-9-20(10-8-17)26-16-21(24)25;1-14-12-16(13-20)18(15-8-4-2-5-9-15)19(14)17-10-6-3-7-11-17/h2-10,19H,11-16H2,1H3,(H,24,25);2-13H,1H3. The van der Waals surface area contributed by atoms with Gasteiger partial charge < -0.3 is 19.3 Å². The minimum Gasteiger partial charge on any atom is -0.482 e. The normalized spacial score (nSPS) is 15.0. The zero-order chi connectivity index (χ0) is 32.3. The molecular weight excluding hydrogens is 574 g/mol. The third kappa shape index (κ3) is 8.59. The van der Waals surface area contributed by atoms with Gasteiger partial charge in [0.25, 0.3) is 0 Å². The van der Waals surface area contributed by atoms with Crippen LogP contribution in [0.4, 0.5) is 0 Å². The molecule has 6 rings (SSSR count). The molecule has 1 aromatic heterocycles. The first-order valence-electron chi connectivity index (χ1n) is 15.6. The summed E-state index contributed by atoms with van der Waals surface area (Å²) in [6, 6.07) is 40.9. The van der Waals surface area contributed by atoms with Gasteiger partial charge in [0.15, 0.2) is 12.9 Å². The first-order chi connectivity index (χ1) is 22.4. The van der Waals surface area contributed by atoms with Crippen LogP contribution >= 0.6 is 0 Å². The van der Waals surface area contributed by atoms with Gasteiger partial charge in [-0.2, -0.15) is 0 Å². The number of nitrogens with zero attached hydrogens (tertiary/aromatic N) is 3. The highest BCUT2D eigenvalue weighted by atomic mass is 16.5. The molecule has 5 aromatic rings. The minimum atomic E-state index is -0.962. The number of aliphatic carboxylic acids is 1. The molecule has 0 aliphatic carbocycles. The lowest BCUT2D eigenvalue weighted by Gasteiger charge is -2.39. The lowest BCUT2D eigenvalue weighted by molar-refractivity contribution is -0.139. The van der Waals surface area contributed by atoms with E-state index in [0.717, 1.165) is 67.1 Å². The predicted molar refractivity (Wildman–Crippen MR) is 183 cm³/mol. The van der Waals surface area contributed by atoms with E-state index in [0.29, 0.717) is 11.8 Å². The van der Waals surface area contributed by atoms with Gasteiger partial charge in [0.2, 0.25) is 0 Å². The van der Waals surface area contributed by atoms with Crippen molar-refractivity contribution in [2.24, 2.45) is 0 Å². The first kappa shape index (κ1) is 32.4. The fourth-order valence-corrected chi connectivity index (χ4v) is 5.91. The summed E-state index contributed by atoms with van der Waals surface area (Å²) < 4.78 is 7.32. The van der Waals surface area contributed by atoms with E-state index < -0.39 is 5.97 Å². The highest BCUT2D eigenvalue weighted by molar-refractivity contribution is 5.88. The Labute approximate surface area is 271 Å². The molecule has 2 heterocycles. The van der Waals surface area contributed by atoms with Gasteiger partial charge in [-0.05, 0) is 67.4 Å². The highest BCUT2D eigenvalue weighted by Crippen LogP contribution is 2.29. The molecule has 4 aromatic carbocycles. The third-order valence-corrected chi connectivity index (χ3v) is 8.27. The van der Waals surface area contributed by atoms with Crippen molar-refractivity contribution in [2.45, 2.75) is 25.9 Å². The fourth-order valence-electron chi connectivity index (χ4n) is 5.91. The maximum Gasteiger partial charge on any atom is 0.341 e. The van der Waals surface area contributed by atoms with Crippen LogP contribution < -0.4 is 4.74 Å². The molecule has 0 saturated carbocycles. The Kier molecular flexibility index (Phi) is 11.2. The number of aryl methyl sites for hydroxylation is 1. The van der Waals surface area contributed by atoms with Crippen molar-refractivity contribution in [3.63, 3.8) is 0 Å². The van der Waals surface area contributed by atoms with Crippen molar-refractivity contribution in [1.82, 2.24) is 14.4 Å². The molecule has 46 heavy (non-hydrogen) atoms. The van der Waals surface area contributed by atoms with Crippen LogP contribution in [0.2, 0.25) is 0 Å². The minimum absolute atomic E-state index is 0.306. The van der Waals surface area contributed by atoms with Crippen molar-refractivity contribution >= 4 is 12.3 Å². The maximum atomic E-state index is 11.4. The van der Waals surface area contributed by atoms with E-state index >= 15 is 0 Å². The highest BCUT2D eigenvalue weighted by Gasteiger charge is 2.24. The molecule has 1 unspecified atom stereocenters. The Morgan fingerprint density at radius 3 is 2.11 bits per heavy atom. The van der Waals surface area contributed by atoms with E-state index in [4.69, 9.17) is 9.84 Å². The second kappa shape index (κ2) is 15.8. The molecule has 1 atom stereocenters. The number of carbonyl (C=O) groups excluding carboxylic acids is 1. The molecule has 1 saturated heterocycles. The molecule has 1 aliphatic rings. The summed E-state index contributed by atoms with van der Waals surface area (Å²) in [5.74, 6) is -0.365. The van der Waals surface area contributed by atoms with Crippen molar-refractivity contribution in [3.05, 3.63) is 144 Å². The van der Waals surface area contributed by atoms with Crippen molar-refractivity contribution in [3.8, 4) is 22.7 Å². The molecule has 7 nitrogen and oxygen atoms in total. The number of hydrogen-bond donors (Lipinski definition) is 1. The Hall–Kier alpha value is -4.98. The average molecular weight is 616 g/mol. The molecule has 0 spiro atoms. The Bertz CT molecular complexity index is 1690. The van der Waals surface area contributed by atoms with Crippen molar-refractivity contribution in [1.29, 1.82) is 0 Å². The van der Waals surface area contributed by atoms with Gasteiger partial charge in [-0.1, -0.05) is 91.0 Å². The van der Waals surface area contributed by atoms with Crippen LogP contribution in [0.3, 0.4) is 0 Å². The van der Waals surface area contributed by atoms with Gasteiger partial charge in [-0.25, -0.2) is 4.79 Å². The summed E-state index contributed by atoms with van der Waals surface area (Å²) in [4.78, 5) is 26.9. The van der Waals surface area contributed by atoms with Gasteiger partial charge in [-0.15, -0.1) is 0 Å². The van der Waals surface area contributed by atoms with Crippen LogP contribution in [0.15, 0.2) is 121 Å². The Morgan fingerprint density at radius 1 is 0.848 bits per heavy atom. The third-order valence-electron chi connectivity index (χ3n) is 8.27. The van der Waals surface area contributed by atoms with Crippen molar-refractivity contribution < 1.29 is 19.4 Å². The van der Waals surface area contributed by atoms with E-state index in [-0.39, 0.29) is 6.61 Å². The summed E-state index contributed by atoms with van der Waals surface area (Å²) in [5.41, 5.74) is 7.43. The van der Waals surface area contributed by atoms with E-state index in [2.05, 4.69) is 51.7 Å². The number of carbonyl (C=O) groups is 2. The molecule has 0 amide bonds. The molecule has 236 valence electrons. The maximum absolute atomic E-state index is 11.4. The van der Waals surface area contributed by atoms with Crippen LogP contribution in [0.25, 0.3) is 16.9 Å². The van der Waals surface area contributed by atoms with Crippen LogP contribution in [-0.4, -0.2) is 71.1 Å². The van der Waals surface area contributed by atoms with E-state index in [9.17, 15) is 9.59 Å². The summed E-state index contributed by atoms with van der Waals surface area (Å²) in [6.45, 7) is 5.91. The summed E-state index contributed by atoms with van der Waals surface area (Å²) >= 11 is 0. The molecule has 1 N–H and O–H groups in total. The Balaban J connectivity index is 0.000000187. The lowest BCUT2D eigenvalue weighted by atomic mass is 10.0. The second-order valence-electron chi connectivity index (χ2n) is 11.6. The molecular formula is C39H41N3O4. The summed E-state index contributed by atoms with van der Waals surface area (Å²) in [7, 11) is 2.19. The van der Waals surface area contributed by atoms with Crippen molar-refractivity contribution in [2.75, 3.05) is 33.3 Å². The monoisotopic (exact) mass is 615 g/mol. The topological polar surface area (TPSA) is 75.0 Å². The fraction of sp³-hybridized carbons (Fsp3) is 0.231. The molecule has 7 heteroatoms. The zero-order valence-electron chi connectivity index (χ0n) is 26.5. The van der Waals surface area contributed by atoms with Crippen LogP contribution in [0.5, 0.6) is 5.75 Å². The summed E-state index contributed by atoms with van der Waals surface area (Å²) in [6.07, 6.45) is 1.90. The van der Waals surface area contributed by atoms with Gasteiger partial charge in [0.05, 0.1) is 5.69 Å². The number of para-hydroxylation sites is 1. The number of hydrogen-bond acceptors (Lipinski definition) is 5. The van der Waals surface area contributed by atoms with E-state index in [1.807, 2.05) is 97.9 Å². The van der Waals surface area contributed by atoms with Crippen LogP contribution in [0, 0.1) is 6.92 Å². The SMILES string of the molecule is CN1CCN(Cc2ccccc2)CC1Cc1ccc(OCC(=O)O)cc1.Cc1cc(C=O)c(-c2ccccc2)n1-c1ccccc1. The molecule has 0 radical (unpaired) electrons. The second-order valence-corrected chi connectivity index (χ2v) is 11.6. The number of carboxylic acids is 1. The average Bonchev–Trinajstić information content (AvgIpc) is 3.43. The molecule has 1 fully saturated rings. The quantitative estimate of drug-likeness (QED) is 0.175. The number of rotatable bonds is 10. The van der Waals surface area contributed by atoms with Gasteiger partial charge >= 0.3 is 5.97 Å². The number of benzene rings is 4. The van der Waals surface area contributed by atoms with E-state index in [1.165, 1.54) is 11.1 Å². The smallest absolute Gasteiger partial charge is 0.341 e. The summed E-state index contributed by atoms with van der Waals surface area (Å²) in [5, 5.41) is 8.67. The van der Waals surface area contributed by atoms with Gasteiger partial charge in [0, 0.05) is 49.2 Å². The number of aldehydes is 1. The number of likely N-dealkylation sites (N-methyl/N-ethyl adjacent to an activating group) is 1. The van der Waals surface area contributed by atoms with Gasteiger partial charge in [0.1, 0.15) is 5.75 Å². The number of aromatic nitrogens is 1. The predicted octanol–water partition coefficient (Wildman–Crippen LogP) is 6.77. The molecule has 0 bridgehead atoms. The largest absolute Gasteiger partial charge is 0.482 e. The van der Waals surface area contributed by atoms with Crippen LogP contribution in [-0.2, 0) is 17.8 Å². The van der Waals surface area contributed by atoms with Crippen LogP contribution in [0.1, 0.15) is 27.2 Å².